The van der Waals surface area contributed by atoms with E-state index in [4.69, 9.17) is 23.2 Å². The van der Waals surface area contributed by atoms with Gasteiger partial charge < -0.3 is 0 Å². The van der Waals surface area contributed by atoms with E-state index in [0.717, 1.165) is 33.7 Å². The summed E-state index contributed by atoms with van der Waals surface area (Å²) in [5.74, 6) is 0. The summed E-state index contributed by atoms with van der Waals surface area (Å²) >= 11 is 14.1. The van der Waals surface area contributed by atoms with Crippen molar-refractivity contribution in [2.24, 2.45) is 0 Å². The van der Waals surface area contributed by atoms with Gasteiger partial charge in [-0.3, -0.25) is 6.08 Å². The summed E-state index contributed by atoms with van der Waals surface area (Å²) in [5, 5.41) is 6.15. The van der Waals surface area contributed by atoms with Crippen molar-refractivity contribution in [3.05, 3.63) is 177 Å². The van der Waals surface area contributed by atoms with Crippen LogP contribution in [0.25, 0.3) is 32.7 Å². The van der Waals surface area contributed by atoms with E-state index >= 15 is 0 Å². The molecular weight excluding hydrogens is 798 g/mol. The second-order valence-corrected chi connectivity index (χ2v) is 17.0. The Hall–Kier alpha value is -2.77. The molecule has 6 aromatic rings. The molecule has 52 heavy (non-hydrogen) atoms. The van der Waals surface area contributed by atoms with Crippen LogP contribution >= 0.6 is 48.0 Å². The standard InChI is InChI=1S/C21H12Cl2.C21H25.C5H5.2ClH.Zr/c22-20-11-9-14(16-5-1-3-7-18(16)20)13-15-10-12-21(23)19-8-4-2-6-17(15)19;1-20(2,3)16-7-9-18-14(12-16)11-15-13-17(21(4,5)6)8-10-19(15)18;1-2-4-5-3-1;;;/h1-12H;7-10,12H,11H2,1-6H3;1-3H,4H2;2*1H;/q;2*-1;;;+2. The van der Waals surface area contributed by atoms with Gasteiger partial charge in [-0.05, 0) is 28.4 Å². The number of allylic oxidation sites excluding steroid dienone is 4. The van der Waals surface area contributed by atoms with Crippen molar-refractivity contribution in [1.82, 2.24) is 0 Å². The second kappa shape index (κ2) is 17.6. The van der Waals surface area contributed by atoms with E-state index in [1.165, 1.54) is 82.7 Å². The molecule has 0 N–H and O–H groups in total. The maximum Gasteiger partial charge on any atom is -0.109 e. The number of halogens is 4. The van der Waals surface area contributed by atoms with Gasteiger partial charge >= 0.3 is 166 Å². The van der Waals surface area contributed by atoms with Crippen molar-refractivity contribution in [3.8, 4) is 11.1 Å². The molecule has 0 bridgehead atoms. The summed E-state index contributed by atoms with van der Waals surface area (Å²) in [6.07, 6.45) is 11.0. The van der Waals surface area contributed by atoms with E-state index in [1.54, 1.807) is 0 Å². The van der Waals surface area contributed by atoms with Crippen LogP contribution < -0.4 is 0 Å². The van der Waals surface area contributed by atoms with E-state index in [-0.39, 0.29) is 35.6 Å². The summed E-state index contributed by atoms with van der Waals surface area (Å²) in [6.45, 7) is 13.6. The maximum atomic E-state index is 6.38. The van der Waals surface area contributed by atoms with Gasteiger partial charge in [-0.25, -0.2) is 12.2 Å². The molecule has 0 atom stereocenters. The molecule has 0 amide bonds. The van der Waals surface area contributed by atoms with E-state index in [0.29, 0.717) is 0 Å². The Morgan fingerprint density at radius 3 is 1.63 bits per heavy atom. The number of fused-ring (bicyclic) bond motifs is 5. The van der Waals surface area contributed by atoms with Crippen molar-refractivity contribution in [2.45, 2.75) is 65.2 Å². The van der Waals surface area contributed by atoms with Crippen LogP contribution in [0.15, 0.2) is 121 Å². The predicted molar refractivity (Wildman–Crippen MR) is 228 cm³/mol. The Kier molecular flexibility index (Phi) is 14.2. The fourth-order valence-electron chi connectivity index (χ4n) is 6.47. The third kappa shape index (κ3) is 9.29. The minimum atomic E-state index is 0. The van der Waals surface area contributed by atoms with Crippen LogP contribution in [0.4, 0.5) is 0 Å². The van der Waals surface area contributed by atoms with Crippen molar-refractivity contribution >= 4 is 72.8 Å². The first-order valence-electron chi connectivity index (χ1n) is 17.2. The van der Waals surface area contributed by atoms with Crippen molar-refractivity contribution in [1.29, 1.82) is 0 Å². The normalized spacial score (nSPS) is 12.5. The van der Waals surface area contributed by atoms with Crippen molar-refractivity contribution < 1.29 is 24.2 Å². The Bertz CT molecular complexity index is 2120. The molecular formula is C47H44Cl4Zr. The first kappa shape index (κ1) is 42.0. The minimum Gasteiger partial charge on any atom is -0.273 e. The van der Waals surface area contributed by atoms with Gasteiger partial charge in [0, 0.05) is 0 Å². The van der Waals surface area contributed by atoms with Gasteiger partial charge in [-0.2, -0.15) is 29.8 Å². The van der Waals surface area contributed by atoms with Crippen molar-refractivity contribution in [2.75, 3.05) is 0 Å². The zero-order chi connectivity index (χ0) is 35.6. The molecule has 0 aromatic heterocycles. The van der Waals surface area contributed by atoms with Crippen LogP contribution in [0.2, 0.25) is 10.0 Å². The Morgan fingerprint density at radius 2 is 1.17 bits per heavy atom. The van der Waals surface area contributed by atoms with Gasteiger partial charge in [0.2, 0.25) is 0 Å². The van der Waals surface area contributed by atoms with E-state index in [1.807, 2.05) is 36.4 Å². The molecule has 0 saturated carbocycles. The van der Waals surface area contributed by atoms with Crippen LogP contribution in [-0.2, 0) is 41.5 Å². The Morgan fingerprint density at radius 1 is 0.635 bits per heavy atom. The van der Waals surface area contributed by atoms with Gasteiger partial charge in [0.15, 0.2) is 0 Å². The van der Waals surface area contributed by atoms with E-state index < -0.39 is 0 Å². The molecule has 0 saturated heterocycles. The summed E-state index contributed by atoms with van der Waals surface area (Å²) in [7, 11) is 0. The van der Waals surface area contributed by atoms with E-state index in [2.05, 4.69) is 139 Å². The topological polar surface area (TPSA) is 0 Å². The van der Waals surface area contributed by atoms with Gasteiger partial charge in [0.05, 0.1) is 0 Å². The summed E-state index contributed by atoms with van der Waals surface area (Å²) in [5.41, 5.74) is 11.2. The SMILES string of the molecule is CC(C)(C)c1[c-]c2c(cc1)-c1ccc(C(C)(C)C)cc1C2.Cl.Cl.Clc1ccc([C](=[Zr+2])c2ccc(Cl)c3ccccc23)c2ccccc12.[C-]1=CC=CC1. The first-order valence-corrected chi connectivity index (χ1v) is 19.2. The molecule has 0 fully saturated rings. The molecule has 5 heteroatoms. The molecule has 6 aromatic carbocycles. The number of benzene rings is 6. The molecule has 0 heterocycles. The molecule has 0 unspecified atom stereocenters. The van der Waals surface area contributed by atoms with Gasteiger partial charge in [-0.15, -0.1) is 42.4 Å². The fraction of sp³-hybridized carbons (Fsp3) is 0.213. The number of hydrogen-bond acceptors (Lipinski definition) is 0. The van der Waals surface area contributed by atoms with Crippen LogP contribution in [0.5, 0.6) is 0 Å². The summed E-state index contributed by atoms with van der Waals surface area (Å²) in [4.78, 5) is 0. The molecule has 0 aliphatic heterocycles. The first-order chi connectivity index (χ1) is 23.8. The summed E-state index contributed by atoms with van der Waals surface area (Å²) < 4.78 is 1.31. The van der Waals surface area contributed by atoms with Crippen LogP contribution in [0.1, 0.15) is 81.3 Å². The molecule has 2 aliphatic carbocycles. The molecule has 0 radical (unpaired) electrons. The average Bonchev–Trinajstić information content (AvgIpc) is 3.80. The fourth-order valence-corrected chi connectivity index (χ4v) is 8.00. The van der Waals surface area contributed by atoms with Gasteiger partial charge in [0.25, 0.3) is 0 Å². The van der Waals surface area contributed by atoms with Gasteiger partial charge in [-0.1, -0.05) is 65.3 Å². The number of hydrogen-bond donors (Lipinski definition) is 0. The monoisotopic (exact) mass is 838 g/mol. The molecule has 8 rings (SSSR count). The molecule has 2 aliphatic rings. The van der Waals surface area contributed by atoms with Crippen LogP contribution in [0.3, 0.4) is 0 Å². The smallest absolute Gasteiger partial charge is 0.109 e. The second-order valence-electron chi connectivity index (χ2n) is 15.0. The van der Waals surface area contributed by atoms with E-state index in [9.17, 15) is 0 Å². The third-order valence-electron chi connectivity index (χ3n) is 9.33. The van der Waals surface area contributed by atoms with Crippen LogP contribution in [0, 0.1) is 12.1 Å². The average molecular weight is 842 g/mol. The Balaban J connectivity index is 0.000000199. The molecule has 0 spiro atoms. The zero-order valence-electron chi connectivity index (χ0n) is 30.5. The number of rotatable bonds is 2. The maximum absolute atomic E-state index is 6.38. The zero-order valence-corrected chi connectivity index (χ0v) is 36.1. The van der Waals surface area contributed by atoms with Crippen LogP contribution in [-0.4, -0.2) is 3.21 Å². The summed E-state index contributed by atoms with van der Waals surface area (Å²) in [6, 6.07) is 40.0. The van der Waals surface area contributed by atoms with Gasteiger partial charge in [0.1, 0.15) is 0 Å². The third-order valence-corrected chi connectivity index (χ3v) is 11.3. The largest absolute Gasteiger partial charge is 0.273 e. The Labute approximate surface area is 347 Å². The minimum absolute atomic E-state index is 0. The van der Waals surface area contributed by atoms with Crippen molar-refractivity contribution in [3.63, 3.8) is 0 Å². The quantitative estimate of drug-likeness (QED) is 0.152. The molecule has 0 nitrogen and oxygen atoms in total. The predicted octanol–water partition coefficient (Wildman–Crippen LogP) is 14.2. The molecule has 264 valence electrons.